The van der Waals surface area contributed by atoms with Crippen molar-refractivity contribution in [1.82, 2.24) is 5.32 Å². The summed E-state index contributed by atoms with van der Waals surface area (Å²) in [6.45, 7) is 1.08. The molecule has 0 bridgehead atoms. The van der Waals surface area contributed by atoms with Gasteiger partial charge in [-0.05, 0) is 43.4 Å². The first-order chi connectivity index (χ1) is 12.3. The molecule has 0 spiro atoms. The Bertz CT molecular complexity index is 623. The second-order valence-electron chi connectivity index (χ2n) is 6.81. The van der Waals surface area contributed by atoms with Gasteiger partial charge in [0.05, 0.1) is 7.11 Å². The molecule has 1 unspecified atom stereocenters. The average Bonchev–Trinajstić information content (AvgIpc) is 2.70. The zero-order valence-corrected chi connectivity index (χ0v) is 14.9. The number of hydrogen-bond donors (Lipinski definition) is 1. The smallest absolute Gasteiger partial charge is 0.320 e. The first-order valence-corrected chi connectivity index (χ1v) is 9.20. The quantitative estimate of drug-likeness (QED) is 0.808. The minimum Gasteiger partial charge on any atom is -0.468 e. The maximum atomic E-state index is 13.1. The average molecular weight is 337 g/mol. The predicted molar refractivity (Wildman–Crippen MR) is 101 cm³/mol. The second kappa shape index (κ2) is 8.30. The Labute approximate surface area is 150 Å². The first kappa shape index (κ1) is 17.7. The lowest BCUT2D eigenvalue weighted by Gasteiger charge is -2.34. The fraction of sp³-hybridized carbons (Fsp3) is 0.409. The second-order valence-corrected chi connectivity index (χ2v) is 6.81. The summed E-state index contributed by atoms with van der Waals surface area (Å²) in [5.74, 6) is -0.180. The standard InChI is InChI=1S/C22H27NO2/c1-25-21(24)22(18-10-4-2-5-11-18,19-12-6-3-7-13-19)16-15-20-14-8-9-17-23-20/h2-7,10-13,20,23H,8-9,14-17H2,1H3. The van der Waals surface area contributed by atoms with Crippen LogP contribution in [0.15, 0.2) is 60.7 Å². The van der Waals surface area contributed by atoms with Crippen LogP contribution in [-0.2, 0) is 14.9 Å². The van der Waals surface area contributed by atoms with Gasteiger partial charge in [0.25, 0.3) is 0 Å². The number of piperidine rings is 1. The van der Waals surface area contributed by atoms with Crippen LogP contribution < -0.4 is 5.32 Å². The van der Waals surface area contributed by atoms with Crippen molar-refractivity contribution in [1.29, 1.82) is 0 Å². The van der Waals surface area contributed by atoms with Crippen molar-refractivity contribution in [2.45, 2.75) is 43.6 Å². The Hall–Kier alpha value is -2.13. The van der Waals surface area contributed by atoms with Gasteiger partial charge in [0.2, 0.25) is 0 Å². The minimum atomic E-state index is -0.754. The summed E-state index contributed by atoms with van der Waals surface area (Å²) < 4.78 is 5.31. The van der Waals surface area contributed by atoms with Gasteiger partial charge in [0, 0.05) is 6.04 Å². The van der Waals surface area contributed by atoms with Crippen LogP contribution in [0.3, 0.4) is 0 Å². The van der Waals surface area contributed by atoms with Gasteiger partial charge in [-0.2, -0.15) is 0 Å². The van der Waals surface area contributed by atoms with Gasteiger partial charge in [-0.3, -0.25) is 4.79 Å². The van der Waals surface area contributed by atoms with Crippen molar-refractivity contribution in [3.8, 4) is 0 Å². The van der Waals surface area contributed by atoms with E-state index < -0.39 is 5.41 Å². The molecule has 2 aromatic rings. The maximum absolute atomic E-state index is 13.1. The van der Waals surface area contributed by atoms with E-state index >= 15 is 0 Å². The fourth-order valence-corrected chi connectivity index (χ4v) is 3.97. The van der Waals surface area contributed by atoms with E-state index in [9.17, 15) is 4.79 Å². The minimum absolute atomic E-state index is 0.180. The van der Waals surface area contributed by atoms with Crippen molar-refractivity contribution in [2.24, 2.45) is 0 Å². The van der Waals surface area contributed by atoms with Crippen molar-refractivity contribution in [3.05, 3.63) is 71.8 Å². The zero-order chi connectivity index (χ0) is 17.5. The normalized spacial score (nSPS) is 17.9. The van der Waals surface area contributed by atoms with Gasteiger partial charge in [0.15, 0.2) is 0 Å². The molecule has 132 valence electrons. The highest BCUT2D eigenvalue weighted by atomic mass is 16.5. The third-order valence-corrected chi connectivity index (χ3v) is 5.35. The number of hydrogen-bond acceptors (Lipinski definition) is 3. The van der Waals surface area contributed by atoms with E-state index in [-0.39, 0.29) is 5.97 Å². The van der Waals surface area contributed by atoms with Gasteiger partial charge < -0.3 is 10.1 Å². The molecule has 3 nitrogen and oxygen atoms in total. The maximum Gasteiger partial charge on any atom is 0.320 e. The highest BCUT2D eigenvalue weighted by Gasteiger charge is 2.43. The fourth-order valence-electron chi connectivity index (χ4n) is 3.97. The lowest BCUT2D eigenvalue weighted by Crippen LogP contribution is -2.41. The zero-order valence-electron chi connectivity index (χ0n) is 14.9. The lowest BCUT2D eigenvalue weighted by molar-refractivity contribution is -0.146. The first-order valence-electron chi connectivity index (χ1n) is 9.20. The van der Waals surface area contributed by atoms with E-state index in [1.54, 1.807) is 0 Å². The van der Waals surface area contributed by atoms with Crippen LogP contribution in [0, 0.1) is 0 Å². The van der Waals surface area contributed by atoms with Crippen LogP contribution >= 0.6 is 0 Å². The molecule has 1 aliphatic heterocycles. The van der Waals surface area contributed by atoms with Gasteiger partial charge in [-0.1, -0.05) is 67.1 Å². The SMILES string of the molecule is COC(=O)C(CCC1CCCCN1)(c1ccccc1)c1ccccc1. The summed E-state index contributed by atoms with van der Waals surface area (Å²) in [4.78, 5) is 13.1. The molecule has 2 aromatic carbocycles. The molecule has 3 rings (SSSR count). The number of ether oxygens (including phenoxy) is 1. The Kier molecular flexibility index (Phi) is 5.87. The van der Waals surface area contributed by atoms with Crippen molar-refractivity contribution in [3.63, 3.8) is 0 Å². The molecule has 1 aliphatic rings. The molecule has 1 fully saturated rings. The molecule has 1 N–H and O–H groups in total. The van der Waals surface area contributed by atoms with Crippen molar-refractivity contribution in [2.75, 3.05) is 13.7 Å². The third-order valence-electron chi connectivity index (χ3n) is 5.35. The number of carbonyl (C=O) groups is 1. The van der Waals surface area contributed by atoms with Crippen molar-refractivity contribution >= 4 is 5.97 Å². The highest BCUT2D eigenvalue weighted by Crippen LogP contribution is 2.39. The van der Waals surface area contributed by atoms with E-state index in [1.807, 2.05) is 60.7 Å². The molecular formula is C22H27NO2. The van der Waals surface area contributed by atoms with E-state index in [2.05, 4.69) is 5.32 Å². The molecule has 1 saturated heterocycles. The number of esters is 1. The van der Waals surface area contributed by atoms with Crippen LogP contribution in [0.1, 0.15) is 43.2 Å². The van der Waals surface area contributed by atoms with E-state index in [4.69, 9.17) is 4.74 Å². The third kappa shape index (κ3) is 3.77. The van der Waals surface area contributed by atoms with E-state index in [1.165, 1.54) is 26.4 Å². The molecule has 0 aliphatic carbocycles. The molecule has 25 heavy (non-hydrogen) atoms. The van der Waals surface area contributed by atoms with Crippen LogP contribution in [-0.4, -0.2) is 25.7 Å². The van der Waals surface area contributed by atoms with Gasteiger partial charge in [-0.15, -0.1) is 0 Å². The summed E-state index contributed by atoms with van der Waals surface area (Å²) in [6, 6.07) is 20.6. The van der Waals surface area contributed by atoms with Crippen molar-refractivity contribution < 1.29 is 9.53 Å². The van der Waals surface area contributed by atoms with E-state index in [0.29, 0.717) is 6.04 Å². The van der Waals surface area contributed by atoms with Crippen LogP contribution in [0.5, 0.6) is 0 Å². The van der Waals surface area contributed by atoms with Crippen LogP contribution in [0.2, 0.25) is 0 Å². The molecule has 0 radical (unpaired) electrons. The summed E-state index contributed by atoms with van der Waals surface area (Å²) in [7, 11) is 1.49. The van der Waals surface area contributed by atoms with Gasteiger partial charge >= 0.3 is 5.97 Å². The molecule has 0 saturated carbocycles. The summed E-state index contributed by atoms with van der Waals surface area (Å²) in [5.41, 5.74) is 1.25. The Morgan fingerprint density at radius 3 is 2.12 bits per heavy atom. The summed E-state index contributed by atoms with van der Waals surface area (Å²) in [6.07, 6.45) is 5.39. The molecule has 3 heteroatoms. The van der Waals surface area contributed by atoms with Gasteiger partial charge in [0.1, 0.15) is 5.41 Å². The topological polar surface area (TPSA) is 38.3 Å². The predicted octanol–water partition coefficient (Wildman–Crippen LogP) is 4.07. The molecule has 0 amide bonds. The van der Waals surface area contributed by atoms with Crippen LogP contribution in [0.25, 0.3) is 0 Å². The monoisotopic (exact) mass is 337 g/mol. The number of benzene rings is 2. The van der Waals surface area contributed by atoms with Crippen LogP contribution in [0.4, 0.5) is 0 Å². The lowest BCUT2D eigenvalue weighted by atomic mass is 9.70. The molecule has 1 atom stereocenters. The number of rotatable bonds is 6. The Morgan fingerprint density at radius 2 is 1.64 bits per heavy atom. The Morgan fingerprint density at radius 1 is 1.04 bits per heavy atom. The summed E-state index contributed by atoms with van der Waals surface area (Å²) >= 11 is 0. The number of methoxy groups -OCH3 is 1. The Balaban J connectivity index is 2.00. The summed E-state index contributed by atoms with van der Waals surface area (Å²) in [5, 5.41) is 3.60. The molecular weight excluding hydrogens is 310 g/mol. The molecule has 0 aromatic heterocycles. The number of nitrogens with one attached hydrogen (secondary N) is 1. The van der Waals surface area contributed by atoms with E-state index in [0.717, 1.165) is 30.5 Å². The highest BCUT2D eigenvalue weighted by molar-refractivity contribution is 5.87. The largest absolute Gasteiger partial charge is 0.468 e. The van der Waals surface area contributed by atoms with Gasteiger partial charge in [-0.25, -0.2) is 0 Å². The molecule has 1 heterocycles. The number of carbonyl (C=O) groups excluding carboxylic acids is 1.